The standard InChI is InChI=1S/C20H22N4O/c1-15-20(23-19-5-3-2-4-18(19)22-15)24-12-8-16(9-13-24)14-25-17-6-10-21-11-7-17/h2-7,10-11,16H,8-9,12-14H2,1H3. The van der Waals surface area contributed by atoms with Gasteiger partial charge in [0.25, 0.3) is 0 Å². The molecule has 0 bridgehead atoms. The third-order valence-electron chi connectivity index (χ3n) is 4.77. The molecule has 0 saturated carbocycles. The lowest BCUT2D eigenvalue weighted by atomic mass is 9.97. The molecule has 4 rings (SSSR count). The lowest BCUT2D eigenvalue weighted by molar-refractivity contribution is 0.222. The number of rotatable bonds is 4. The smallest absolute Gasteiger partial charge is 0.150 e. The number of nitrogens with zero attached hydrogens (tertiary/aromatic N) is 4. The number of hydrogen-bond acceptors (Lipinski definition) is 5. The number of piperidine rings is 1. The number of anilines is 1. The molecular weight excluding hydrogens is 312 g/mol. The van der Waals surface area contributed by atoms with Gasteiger partial charge in [0, 0.05) is 25.5 Å². The number of benzene rings is 1. The highest BCUT2D eigenvalue weighted by molar-refractivity contribution is 5.76. The highest BCUT2D eigenvalue weighted by Gasteiger charge is 2.22. The summed E-state index contributed by atoms with van der Waals surface area (Å²) in [5.74, 6) is 2.50. The van der Waals surface area contributed by atoms with Crippen molar-refractivity contribution < 1.29 is 4.74 Å². The fourth-order valence-corrected chi connectivity index (χ4v) is 3.34. The second kappa shape index (κ2) is 7.05. The average molecular weight is 334 g/mol. The van der Waals surface area contributed by atoms with E-state index in [0.717, 1.165) is 60.8 Å². The number of fused-ring (bicyclic) bond motifs is 1. The van der Waals surface area contributed by atoms with Crippen LogP contribution in [0.2, 0.25) is 0 Å². The van der Waals surface area contributed by atoms with Crippen LogP contribution in [0.4, 0.5) is 5.82 Å². The van der Waals surface area contributed by atoms with E-state index in [1.807, 2.05) is 43.3 Å². The molecule has 0 radical (unpaired) electrons. The predicted octanol–water partition coefficient (Wildman–Crippen LogP) is 3.63. The highest BCUT2D eigenvalue weighted by atomic mass is 16.5. The SMILES string of the molecule is Cc1nc2ccccc2nc1N1CCC(COc2ccncc2)CC1. The Labute approximate surface area is 147 Å². The van der Waals surface area contributed by atoms with Crippen LogP contribution in [-0.2, 0) is 0 Å². The first kappa shape index (κ1) is 15.8. The van der Waals surface area contributed by atoms with Crippen molar-refractivity contribution in [3.63, 3.8) is 0 Å². The maximum absolute atomic E-state index is 5.88. The lowest BCUT2D eigenvalue weighted by Crippen LogP contribution is -2.36. The van der Waals surface area contributed by atoms with Gasteiger partial charge in [-0.2, -0.15) is 0 Å². The number of hydrogen-bond donors (Lipinski definition) is 0. The lowest BCUT2D eigenvalue weighted by Gasteiger charge is -2.33. The molecule has 0 unspecified atom stereocenters. The molecule has 1 fully saturated rings. The third kappa shape index (κ3) is 3.55. The van der Waals surface area contributed by atoms with Gasteiger partial charge in [-0.05, 0) is 49.9 Å². The van der Waals surface area contributed by atoms with Crippen molar-refractivity contribution in [1.29, 1.82) is 0 Å². The summed E-state index contributed by atoms with van der Waals surface area (Å²) in [5, 5.41) is 0. The van der Waals surface area contributed by atoms with Gasteiger partial charge < -0.3 is 9.64 Å². The van der Waals surface area contributed by atoms with Crippen molar-refractivity contribution in [2.45, 2.75) is 19.8 Å². The van der Waals surface area contributed by atoms with Crippen LogP contribution in [0.15, 0.2) is 48.8 Å². The average Bonchev–Trinajstić information content (AvgIpc) is 2.67. The molecule has 0 spiro atoms. The number of aromatic nitrogens is 3. The monoisotopic (exact) mass is 334 g/mol. The Bertz CT molecular complexity index is 845. The van der Waals surface area contributed by atoms with Gasteiger partial charge in [-0.3, -0.25) is 4.98 Å². The number of ether oxygens (including phenoxy) is 1. The topological polar surface area (TPSA) is 51.1 Å². The zero-order valence-electron chi connectivity index (χ0n) is 14.4. The molecule has 3 aromatic rings. The first-order chi connectivity index (χ1) is 12.3. The van der Waals surface area contributed by atoms with E-state index in [1.165, 1.54) is 0 Å². The van der Waals surface area contributed by atoms with Gasteiger partial charge in [0.15, 0.2) is 5.82 Å². The second-order valence-corrected chi connectivity index (χ2v) is 6.55. The maximum Gasteiger partial charge on any atom is 0.150 e. The van der Waals surface area contributed by atoms with Crippen LogP contribution in [-0.4, -0.2) is 34.6 Å². The normalized spacial score (nSPS) is 15.5. The van der Waals surface area contributed by atoms with Gasteiger partial charge in [-0.1, -0.05) is 12.1 Å². The van der Waals surface area contributed by atoms with E-state index in [1.54, 1.807) is 12.4 Å². The van der Waals surface area contributed by atoms with Crippen LogP contribution in [0, 0.1) is 12.8 Å². The van der Waals surface area contributed by atoms with Crippen molar-refractivity contribution in [3.8, 4) is 5.75 Å². The quantitative estimate of drug-likeness (QED) is 0.729. The summed E-state index contributed by atoms with van der Waals surface area (Å²) in [4.78, 5) is 15.9. The minimum absolute atomic E-state index is 0.582. The molecule has 0 amide bonds. The van der Waals surface area contributed by atoms with Crippen LogP contribution in [0.25, 0.3) is 11.0 Å². The Morgan fingerprint density at radius 1 is 1.00 bits per heavy atom. The molecule has 1 saturated heterocycles. The molecule has 25 heavy (non-hydrogen) atoms. The fourth-order valence-electron chi connectivity index (χ4n) is 3.34. The number of para-hydroxylation sites is 2. The van der Waals surface area contributed by atoms with Crippen LogP contribution < -0.4 is 9.64 Å². The summed E-state index contributed by atoms with van der Waals surface area (Å²) in [6, 6.07) is 11.9. The molecular formula is C20H22N4O. The number of aryl methyl sites for hydroxylation is 1. The second-order valence-electron chi connectivity index (χ2n) is 6.55. The Morgan fingerprint density at radius 3 is 2.40 bits per heavy atom. The molecule has 0 aliphatic carbocycles. The van der Waals surface area contributed by atoms with Gasteiger partial charge in [-0.15, -0.1) is 0 Å². The molecule has 0 atom stereocenters. The van der Waals surface area contributed by atoms with E-state index in [2.05, 4.69) is 9.88 Å². The zero-order chi connectivity index (χ0) is 17.1. The van der Waals surface area contributed by atoms with Crippen molar-refractivity contribution in [2.24, 2.45) is 5.92 Å². The molecule has 1 aliphatic rings. The predicted molar refractivity (Wildman–Crippen MR) is 98.9 cm³/mol. The van der Waals surface area contributed by atoms with Gasteiger partial charge in [0.05, 0.1) is 23.3 Å². The molecule has 1 aromatic carbocycles. The van der Waals surface area contributed by atoms with Crippen molar-refractivity contribution in [2.75, 3.05) is 24.6 Å². The molecule has 5 heteroatoms. The third-order valence-corrected chi connectivity index (χ3v) is 4.77. The minimum Gasteiger partial charge on any atom is -0.493 e. The van der Waals surface area contributed by atoms with E-state index < -0.39 is 0 Å². The van der Waals surface area contributed by atoms with Gasteiger partial charge in [-0.25, -0.2) is 9.97 Å². The number of pyridine rings is 1. The largest absolute Gasteiger partial charge is 0.493 e. The van der Waals surface area contributed by atoms with Crippen molar-refractivity contribution >= 4 is 16.9 Å². The molecule has 5 nitrogen and oxygen atoms in total. The molecule has 0 N–H and O–H groups in total. The van der Waals surface area contributed by atoms with Crippen LogP contribution in [0.1, 0.15) is 18.5 Å². The minimum atomic E-state index is 0.582. The summed E-state index contributed by atoms with van der Waals surface area (Å²) in [6.07, 6.45) is 5.75. The highest BCUT2D eigenvalue weighted by Crippen LogP contribution is 2.26. The molecule has 128 valence electrons. The van der Waals surface area contributed by atoms with Crippen LogP contribution >= 0.6 is 0 Å². The maximum atomic E-state index is 5.88. The first-order valence-corrected chi connectivity index (χ1v) is 8.81. The van der Waals surface area contributed by atoms with Crippen molar-refractivity contribution in [3.05, 3.63) is 54.5 Å². The summed E-state index contributed by atoms with van der Waals surface area (Å²) in [7, 11) is 0. The molecule has 3 heterocycles. The zero-order valence-corrected chi connectivity index (χ0v) is 14.4. The summed E-state index contributed by atoms with van der Waals surface area (Å²) in [6.45, 7) is 4.81. The van der Waals surface area contributed by atoms with E-state index in [4.69, 9.17) is 14.7 Å². The van der Waals surface area contributed by atoms with Crippen LogP contribution in [0.3, 0.4) is 0 Å². The van der Waals surface area contributed by atoms with E-state index in [-0.39, 0.29) is 0 Å². The first-order valence-electron chi connectivity index (χ1n) is 8.81. The summed E-state index contributed by atoms with van der Waals surface area (Å²) >= 11 is 0. The van der Waals surface area contributed by atoms with Gasteiger partial charge in [0.2, 0.25) is 0 Å². The van der Waals surface area contributed by atoms with E-state index in [0.29, 0.717) is 5.92 Å². The Hall–Kier alpha value is -2.69. The van der Waals surface area contributed by atoms with Gasteiger partial charge >= 0.3 is 0 Å². The van der Waals surface area contributed by atoms with E-state index >= 15 is 0 Å². The van der Waals surface area contributed by atoms with Crippen molar-refractivity contribution in [1.82, 2.24) is 15.0 Å². The van der Waals surface area contributed by atoms with Gasteiger partial charge in [0.1, 0.15) is 5.75 Å². The summed E-state index contributed by atoms with van der Waals surface area (Å²) in [5.41, 5.74) is 2.93. The van der Waals surface area contributed by atoms with E-state index in [9.17, 15) is 0 Å². The Kier molecular flexibility index (Phi) is 4.46. The van der Waals surface area contributed by atoms with Crippen LogP contribution in [0.5, 0.6) is 5.75 Å². The molecule has 2 aromatic heterocycles. The summed E-state index contributed by atoms with van der Waals surface area (Å²) < 4.78 is 5.88. The fraction of sp³-hybridized carbons (Fsp3) is 0.350. The molecule has 1 aliphatic heterocycles. The Morgan fingerprint density at radius 2 is 1.68 bits per heavy atom. The Balaban J connectivity index is 1.39.